The van der Waals surface area contributed by atoms with Crippen LogP contribution in [0.4, 0.5) is 5.69 Å². The molecule has 0 amide bonds. The molecule has 120 valence electrons. The number of nitrogens with zero attached hydrogens (tertiary/aromatic N) is 2. The van der Waals surface area contributed by atoms with Crippen LogP contribution >= 0.6 is 0 Å². The molecule has 0 bridgehead atoms. The molecule has 4 N–H and O–H groups in total. The van der Waals surface area contributed by atoms with Crippen LogP contribution in [0.5, 0.6) is 5.75 Å². The average molecular weight is 327 g/mol. The van der Waals surface area contributed by atoms with Gasteiger partial charge in [0.25, 0.3) is 11.2 Å². The summed E-state index contributed by atoms with van der Waals surface area (Å²) < 4.78 is 5.14. The summed E-state index contributed by atoms with van der Waals surface area (Å²) in [6, 6.07) is 7.33. The van der Waals surface area contributed by atoms with Crippen molar-refractivity contribution in [2.45, 2.75) is 5.92 Å². The van der Waals surface area contributed by atoms with Crippen LogP contribution in [0.1, 0.15) is 17.2 Å². The van der Waals surface area contributed by atoms with Crippen molar-refractivity contribution < 1.29 is 9.66 Å². The van der Waals surface area contributed by atoms with Crippen molar-refractivity contribution in [3.63, 3.8) is 0 Å². The topological polar surface area (TPSA) is 168 Å². The Labute approximate surface area is 133 Å². The number of nitrogens with two attached hydrogens (primary N) is 1. The van der Waals surface area contributed by atoms with Gasteiger partial charge in [0.05, 0.1) is 16.5 Å². The summed E-state index contributed by atoms with van der Waals surface area (Å²) >= 11 is 0. The number of hydrogen-bond donors (Lipinski definition) is 3. The van der Waals surface area contributed by atoms with Gasteiger partial charge in [-0.2, -0.15) is 5.26 Å². The third-order valence-electron chi connectivity index (χ3n) is 3.52. The number of aromatic nitrogens is 2. The number of nitro groups is 1. The summed E-state index contributed by atoms with van der Waals surface area (Å²) in [5, 5.41) is 20.3. The molecule has 0 saturated carbocycles. The molecule has 0 spiro atoms. The van der Waals surface area contributed by atoms with E-state index in [1.54, 1.807) is 0 Å². The highest BCUT2D eigenvalue weighted by Crippen LogP contribution is 2.39. The van der Waals surface area contributed by atoms with Crippen molar-refractivity contribution in [3.05, 3.63) is 77.9 Å². The van der Waals surface area contributed by atoms with E-state index >= 15 is 0 Å². The summed E-state index contributed by atoms with van der Waals surface area (Å²) in [6.45, 7) is 0. The van der Waals surface area contributed by atoms with Gasteiger partial charge in [-0.1, -0.05) is 12.1 Å². The van der Waals surface area contributed by atoms with Crippen LogP contribution < -0.4 is 21.7 Å². The standard InChI is InChI=1S/C14H9N5O5/c15-5-8-9(6-2-1-3-7(4-6)19(22)23)10-11(24-12(8)16)13(20)18-14(21)17-10/h1-4,9H,16H2,(H2,17,18,20,21). The lowest BCUT2D eigenvalue weighted by Gasteiger charge is -2.24. The molecule has 0 saturated heterocycles. The number of aromatic amines is 2. The van der Waals surface area contributed by atoms with E-state index in [9.17, 15) is 25.0 Å². The number of nitriles is 1. The van der Waals surface area contributed by atoms with Crippen LogP contribution in [0.2, 0.25) is 0 Å². The maximum Gasteiger partial charge on any atom is 0.326 e. The fourth-order valence-electron chi connectivity index (χ4n) is 2.52. The second-order valence-electron chi connectivity index (χ2n) is 4.93. The quantitative estimate of drug-likeness (QED) is 0.522. The summed E-state index contributed by atoms with van der Waals surface area (Å²) in [4.78, 5) is 38.3. The van der Waals surface area contributed by atoms with Crippen LogP contribution in [-0.2, 0) is 0 Å². The number of nitro benzene ring substituents is 1. The Morgan fingerprint density at radius 2 is 2.08 bits per heavy atom. The molecule has 1 aromatic heterocycles. The van der Waals surface area contributed by atoms with Crippen molar-refractivity contribution in [2.24, 2.45) is 5.73 Å². The highest BCUT2D eigenvalue weighted by Gasteiger charge is 2.34. The zero-order valence-corrected chi connectivity index (χ0v) is 11.9. The normalized spacial score (nSPS) is 16.0. The molecule has 2 aromatic rings. The number of fused-ring (bicyclic) bond motifs is 1. The highest BCUT2D eigenvalue weighted by atomic mass is 16.6. The lowest BCUT2D eigenvalue weighted by atomic mass is 9.87. The largest absolute Gasteiger partial charge is 0.433 e. The first-order valence-corrected chi connectivity index (χ1v) is 6.60. The predicted octanol–water partition coefficient (Wildman–Crippen LogP) is 0.190. The van der Waals surface area contributed by atoms with E-state index in [-0.39, 0.29) is 28.6 Å². The van der Waals surface area contributed by atoms with Crippen LogP contribution in [0, 0.1) is 21.4 Å². The lowest BCUT2D eigenvalue weighted by molar-refractivity contribution is -0.384. The fraction of sp³-hybridized carbons (Fsp3) is 0.0714. The molecule has 1 aromatic carbocycles. The Hall–Kier alpha value is -3.87. The summed E-state index contributed by atoms with van der Waals surface area (Å²) in [6.07, 6.45) is 0. The minimum absolute atomic E-state index is 0.00926. The minimum atomic E-state index is -0.964. The number of ether oxygens (including phenoxy) is 1. The van der Waals surface area contributed by atoms with E-state index in [1.807, 2.05) is 11.1 Å². The van der Waals surface area contributed by atoms with Gasteiger partial charge in [-0.3, -0.25) is 19.9 Å². The molecular weight excluding hydrogens is 318 g/mol. The van der Waals surface area contributed by atoms with Crippen molar-refractivity contribution in [1.82, 2.24) is 9.97 Å². The third-order valence-corrected chi connectivity index (χ3v) is 3.52. The molecule has 0 aliphatic carbocycles. The Morgan fingerprint density at radius 3 is 2.75 bits per heavy atom. The van der Waals surface area contributed by atoms with Crippen LogP contribution in [0.25, 0.3) is 0 Å². The molecule has 24 heavy (non-hydrogen) atoms. The van der Waals surface area contributed by atoms with E-state index in [0.29, 0.717) is 5.56 Å². The van der Waals surface area contributed by atoms with Gasteiger partial charge in [-0.25, -0.2) is 4.79 Å². The first kappa shape index (κ1) is 15.0. The zero-order chi connectivity index (χ0) is 17.4. The van der Waals surface area contributed by atoms with Crippen molar-refractivity contribution in [3.8, 4) is 11.8 Å². The number of benzene rings is 1. The smallest absolute Gasteiger partial charge is 0.326 e. The van der Waals surface area contributed by atoms with Gasteiger partial charge in [0.1, 0.15) is 11.6 Å². The highest BCUT2D eigenvalue weighted by molar-refractivity contribution is 5.53. The van der Waals surface area contributed by atoms with E-state index in [1.165, 1.54) is 24.3 Å². The molecule has 1 aliphatic heterocycles. The number of non-ortho nitro benzene ring substituents is 1. The molecule has 1 unspecified atom stereocenters. The molecule has 3 rings (SSSR count). The Balaban J connectivity index is 2.32. The molecule has 1 aliphatic rings. The maximum absolute atomic E-state index is 11.9. The van der Waals surface area contributed by atoms with Crippen LogP contribution in [-0.4, -0.2) is 14.9 Å². The van der Waals surface area contributed by atoms with Crippen molar-refractivity contribution >= 4 is 5.69 Å². The molecule has 0 fully saturated rings. The first-order chi connectivity index (χ1) is 11.4. The summed E-state index contributed by atoms with van der Waals surface area (Å²) in [5.74, 6) is -1.53. The third kappa shape index (κ3) is 2.30. The molecule has 10 heteroatoms. The predicted molar refractivity (Wildman–Crippen MR) is 80.1 cm³/mol. The average Bonchev–Trinajstić information content (AvgIpc) is 2.54. The second kappa shape index (κ2) is 5.40. The van der Waals surface area contributed by atoms with Crippen LogP contribution in [0.15, 0.2) is 45.3 Å². The van der Waals surface area contributed by atoms with Gasteiger partial charge in [-0.05, 0) is 5.56 Å². The van der Waals surface area contributed by atoms with Gasteiger partial charge in [0.15, 0.2) is 0 Å². The molecule has 0 radical (unpaired) electrons. The SMILES string of the molecule is N#CC1=C(N)Oc2c([nH]c(=O)[nH]c2=O)C1c1cccc([N+](=O)[O-])c1. The Morgan fingerprint density at radius 1 is 1.33 bits per heavy atom. The minimum Gasteiger partial charge on any atom is -0.433 e. The van der Waals surface area contributed by atoms with Crippen LogP contribution in [0.3, 0.4) is 0 Å². The first-order valence-electron chi connectivity index (χ1n) is 6.60. The number of allylic oxidation sites excluding steroid dienone is 1. The van der Waals surface area contributed by atoms with Gasteiger partial charge in [-0.15, -0.1) is 0 Å². The van der Waals surface area contributed by atoms with E-state index < -0.39 is 22.1 Å². The van der Waals surface area contributed by atoms with Crippen molar-refractivity contribution in [1.29, 1.82) is 5.26 Å². The van der Waals surface area contributed by atoms with E-state index in [2.05, 4.69) is 4.98 Å². The maximum atomic E-state index is 11.9. The lowest BCUT2D eigenvalue weighted by Crippen LogP contribution is -2.32. The monoisotopic (exact) mass is 327 g/mol. The number of rotatable bonds is 2. The molecule has 2 heterocycles. The number of nitrogens with one attached hydrogen (secondary N) is 2. The second-order valence-corrected chi connectivity index (χ2v) is 4.93. The molecular formula is C14H9N5O5. The zero-order valence-electron chi connectivity index (χ0n) is 11.9. The summed E-state index contributed by atoms with van der Waals surface area (Å²) in [7, 11) is 0. The number of H-pyrrole nitrogens is 2. The Bertz CT molecular complexity index is 1040. The molecule has 1 atom stereocenters. The van der Waals surface area contributed by atoms with Gasteiger partial charge >= 0.3 is 5.69 Å². The summed E-state index contributed by atoms with van der Waals surface area (Å²) in [5.41, 5.74) is 4.13. The fourth-order valence-corrected chi connectivity index (χ4v) is 2.52. The Kier molecular flexibility index (Phi) is 3.38. The molecule has 10 nitrogen and oxygen atoms in total. The van der Waals surface area contributed by atoms with Gasteiger partial charge in [0.2, 0.25) is 11.6 Å². The van der Waals surface area contributed by atoms with Crippen molar-refractivity contribution in [2.75, 3.05) is 0 Å². The van der Waals surface area contributed by atoms with E-state index in [4.69, 9.17) is 10.5 Å². The van der Waals surface area contributed by atoms with E-state index in [0.717, 1.165) is 0 Å². The number of hydrogen-bond acceptors (Lipinski definition) is 7. The van der Waals surface area contributed by atoms with Gasteiger partial charge < -0.3 is 15.5 Å². The van der Waals surface area contributed by atoms with Gasteiger partial charge in [0, 0.05) is 12.1 Å².